The van der Waals surface area contributed by atoms with E-state index in [1.807, 2.05) is 13.8 Å². The smallest absolute Gasteiger partial charge is 0.227 e. The van der Waals surface area contributed by atoms with E-state index in [1.165, 1.54) is 0 Å². The zero-order valence-electron chi connectivity index (χ0n) is 8.22. The van der Waals surface area contributed by atoms with Crippen molar-refractivity contribution < 1.29 is 14.3 Å². The molecule has 0 aliphatic carbocycles. The highest BCUT2D eigenvalue weighted by Gasteiger charge is 2.40. The van der Waals surface area contributed by atoms with E-state index in [0.717, 1.165) is 0 Å². The van der Waals surface area contributed by atoms with Gasteiger partial charge in [0.2, 0.25) is 11.8 Å². The quantitative estimate of drug-likeness (QED) is 0.636. The van der Waals surface area contributed by atoms with Gasteiger partial charge in [-0.1, -0.05) is 6.92 Å². The number of hydrogen-bond acceptors (Lipinski definition) is 3. The number of amides is 2. The van der Waals surface area contributed by atoms with Gasteiger partial charge in [0, 0.05) is 25.4 Å². The predicted octanol–water partition coefficient (Wildman–Crippen LogP) is 0.464. The van der Waals surface area contributed by atoms with Crippen molar-refractivity contribution in [3.63, 3.8) is 0 Å². The van der Waals surface area contributed by atoms with Gasteiger partial charge in [-0.2, -0.15) is 0 Å². The summed E-state index contributed by atoms with van der Waals surface area (Å²) >= 11 is 0. The first kappa shape index (κ1) is 10.2. The van der Waals surface area contributed by atoms with E-state index < -0.39 is 0 Å². The Hall–Kier alpha value is -0.900. The Kier molecular flexibility index (Phi) is 2.71. The highest BCUT2D eigenvalue weighted by Crippen LogP contribution is 2.34. The molecule has 1 atom stereocenters. The summed E-state index contributed by atoms with van der Waals surface area (Å²) in [6.45, 7) is 3.78. The Balaban J connectivity index is 2.77. The molecule has 1 rings (SSSR count). The van der Waals surface area contributed by atoms with E-state index in [9.17, 15) is 9.59 Å². The standard InChI is InChI=1S/C9H15NO3/c1-6(13-3)9(2)4-7(11)10-8(12)5-9/h6H,4-5H2,1-3H3,(H,10,11,12). The third kappa shape index (κ3) is 2.06. The number of methoxy groups -OCH3 is 1. The van der Waals surface area contributed by atoms with Crippen LogP contribution in [0, 0.1) is 5.41 Å². The van der Waals surface area contributed by atoms with Gasteiger partial charge >= 0.3 is 0 Å². The lowest BCUT2D eigenvalue weighted by Crippen LogP contribution is -2.48. The number of carbonyl (C=O) groups excluding carboxylic acids is 2. The topological polar surface area (TPSA) is 55.4 Å². The Labute approximate surface area is 77.6 Å². The fourth-order valence-electron chi connectivity index (χ4n) is 1.61. The Morgan fingerprint density at radius 3 is 2.23 bits per heavy atom. The van der Waals surface area contributed by atoms with Gasteiger partial charge in [0.25, 0.3) is 0 Å². The minimum absolute atomic E-state index is 0.0810. The number of carbonyl (C=O) groups is 2. The van der Waals surface area contributed by atoms with Crippen molar-refractivity contribution >= 4 is 11.8 Å². The summed E-state index contributed by atoms with van der Waals surface area (Å²) in [6.07, 6.45) is 0.629. The second-order valence-corrected chi connectivity index (χ2v) is 3.86. The number of ether oxygens (including phenoxy) is 1. The van der Waals surface area contributed by atoms with Gasteiger partial charge in [0.1, 0.15) is 0 Å². The zero-order valence-corrected chi connectivity index (χ0v) is 8.22. The maximum absolute atomic E-state index is 11.1. The van der Waals surface area contributed by atoms with Crippen LogP contribution in [0.1, 0.15) is 26.7 Å². The van der Waals surface area contributed by atoms with E-state index in [0.29, 0.717) is 12.8 Å². The van der Waals surface area contributed by atoms with Crippen LogP contribution in [-0.4, -0.2) is 25.0 Å². The van der Waals surface area contributed by atoms with Crippen LogP contribution >= 0.6 is 0 Å². The summed E-state index contributed by atoms with van der Waals surface area (Å²) in [6, 6.07) is 0. The summed E-state index contributed by atoms with van der Waals surface area (Å²) in [5.41, 5.74) is -0.353. The van der Waals surface area contributed by atoms with Gasteiger partial charge < -0.3 is 4.74 Å². The first-order chi connectivity index (χ1) is 5.98. The highest BCUT2D eigenvalue weighted by atomic mass is 16.5. The maximum atomic E-state index is 11.1. The number of nitrogens with one attached hydrogen (secondary N) is 1. The monoisotopic (exact) mass is 185 g/mol. The summed E-state index contributed by atoms with van der Waals surface area (Å²) in [4.78, 5) is 22.2. The lowest BCUT2D eigenvalue weighted by Gasteiger charge is -2.36. The highest BCUT2D eigenvalue weighted by molar-refractivity contribution is 5.98. The third-order valence-corrected chi connectivity index (χ3v) is 2.74. The molecule has 0 spiro atoms. The SMILES string of the molecule is COC(C)C1(C)CC(=O)NC(=O)C1. The molecule has 1 unspecified atom stereocenters. The molecule has 1 aliphatic rings. The molecule has 4 heteroatoms. The predicted molar refractivity (Wildman–Crippen MR) is 47.0 cm³/mol. The van der Waals surface area contributed by atoms with Crippen molar-refractivity contribution in [2.45, 2.75) is 32.8 Å². The van der Waals surface area contributed by atoms with Gasteiger partial charge in [-0.05, 0) is 6.92 Å². The number of hydrogen-bond donors (Lipinski definition) is 1. The van der Waals surface area contributed by atoms with Crippen LogP contribution in [0.2, 0.25) is 0 Å². The van der Waals surface area contributed by atoms with E-state index in [1.54, 1.807) is 7.11 Å². The molecule has 4 nitrogen and oxygen atoms in total. The third-order valence-electron chi connectivity index (χ3n) is 2.74. The van der Waals surface area contributed by atoms with E-state index in [2.05, 4.69) is 5.32 Å². The van der Waals surface area contributed by atoms with Crippen molar-refractivity contribution in [1.29, 1.82) is 0 Å². The number of rotatable bonds is 2. The Morgan fingerprint density at radius 2 is 1.85 bits per heavy atom. The maximum Gasteiger partial charge on any atom is 0.227 e. The Morgan fingerprint density at radius 1 is 1.38 bits per heavy atom. The van der Waals surface area contributed by atoms with Crippen LogP contribution in [0.3, 0.4) is 0 Å². The summed E-state index contributed by atoms with van der Waals surface area (Å²) in [5, 5.41) is 2.28. The number of piperidine rings is 1. The van der Waals surface area contributed by atoms with Crippen molar-refractivity contribution in [3.05, 3.63) is 0 Å². The largest absolute Gasteiger partial charge is 0.381 e. The molecule has 0 aromatic rings. The molecule has 1 aliphatic heterocycles. The molecular weight excluding hydrogens is 170 g/mol. The van der Waals surface area contributed by atoms with Crippen LogP contribution in [-0.2, 0) is 14.3 Å². The molecule has 0 radical (unpaired) electrons. The minimum Gasteiger partial charge on any atom is -0.381 e. The van der Waals surface area contributed by atoms with Crippen molar-refractivity contribution in [3.8, 4) is 0 Å². The molecule has 1 N–H and O–H groups in total. The van der Waals surface area contributed by atoms with E-state index in [4.69, 9.17) is 4.74 Å². The first-order valence-corrected chi connectivity index (χ1v) is 4.33. The average molecular weight is 185 g/mol. The average Bonchev–Trinajstić information content (AvgIpc) is 2.00. The molecule has 1 fully saturated rings. The van der Waals surface area contributed by atoms with Crippen molar-refractivity contribution in [2.24, 2.45) is 5.41 Å². The molecular formula is C9H15NO3. The molecule has 1 saturated heterocycles. The second kappa shape index (κ2) is 3.46. The molecule has 2 amide bonds. The van der Waals surface area contributed by atoms with E-state index >= 15 is 0 Å². The summed E-state index contributed by atoms with van der Waals surface area (Å²) in [5.74, 6) is -0.412. The van der Waals surface area contributed by atoms with Gasteiger partial charge in [0.05, 0.1) is 6.10 Å². The van der Waals surface area contributed by atoms with Crippen LogP contribution in [0.15, 0.2) is 0 Å². The van der Waals surface area contributed by atoms with Gasteiger partial charge in [0.15, 0.2) is 0 Å². The molecule has 0 aromatic carbocycles. The summed E-state index contributed by atoms with van der Waals surface area (Å²) in [7, 11) is 1.59. The molecule has 0 saturated carbocycles. The van der Waals surface area contributed by atoms with Gasteiger partial charge in [-0.3, -0.25) is 14.9 Å². The number of imide groups is 1. The van der Waals surface area contributed by atoms with Crippen molar-refractivity contribution in [1.82, 2.24) is 5.32 Å². The second-order valence-electron chi connectivity index (χ2n) is 3.86. The van der Waals surface area contributed by atoms with Gasteiger partial charge in [-0.25, -0.2) is 0 Å². The van der Waals surface area contributed by atoms with Gasteiger partial charge in [-0.15, -0.1) is 0 Å². The van der Waals surface area contributed by atoms with Crippen LogP contribution in [0.5, 0.6) is 0 Å². The molecule has 0 aromatic heterocycles. The van der Waals surface area contributed by atoms with Crippen molar-refractivity contribution in [2.75, 3.05) is 7.11 Å². The Bertz CT molecular complexity index is 221. The lowest BCUT2D eigenvalue weighted by atomic mass is 9.76. The first-order valence-electron chi connectivity index (χ1n) is 4.33. The zero-order chi connectivity index (χ0) is 10.1. The van der Waals surface area contributed by atoms with E-state index in [-0.39, 0.29) is 23.3 Å². The lowest BCUT2D eigenvalue weighted by molar-refractivity contribution is -0.141. The fourth-order valence-corrected chi connectivity index (χ4v) is 1.61. The fraction of sp³-hybridized carbons (Fsp3) is 0.778. The normalized spacial score (nSPS) is 23.9. The van der Waals surface area contributed by atoms with Crippen LogP contribution < -0.4 is 5.32 Å². The molecule has 1 heterocycles. The minimum atomic E-state index is -0.353. The molecule has 0 bridgehead atoms. The molecule has 74 valence electrons. The van der Waals surface area contributed by atoms with Crippen LogP contribution in [0.25, 0.3) is 0 Å². The van der Waals surface area contributed by atoms with Crippen LogP contribution in [0.4, 0.5) is 0 Å². The summed E-state index contributed by atoms with van der Waals surface area (Å²) < 4.78 is 5.16. The molecule has 13 heavy (non-hydrogen) atoms.